The summed E-state index contributed by atoms with van der Waals surface area (Å²) in [4.78, 5) is 26.6. The minimum Gasteiger partial charge on any atom is -0.458 e. The van der Waals surface area contributed by atoms with Gasteiger partial charge in [0.15, 0.2) is 0 Å². The number of esters is 1. The van der Waals surface area contributed by atoms with Gasteiger partial charge < -0.3 is 9.64 Å². The van der Waals surface area contributed by atoms with Crippen LogP contribution in [0.1, 0.15) is 87.5 Å². The van der Waals surface area contributed by atoms with Gasteiger partial charge in [-0.15, -0.1) is 0 Å². The number of hydrogen-bond acceptors (Lipinski definition) is 3. The Morgan fingerprint density at radius 2 is 1.55 bits per heavy atom. The Morgan fingerprint density at radius 1 is 1.00 bits per heavy atom. The quantitative estimate of drug-likeness (QED) is 0.519. The topological polar surface area (TPSA) is 46.6 Å². The highest BCUT2D eigenvalue weighted by Gasteiger charge is 2.36. The Labute approximate surface area is 136 Å². The molecule has 0 heterocycles. The van der Waals surface area contributed by atoms with Crippen LogP contribution >= 0.6 is 0 Å². The van der Waals surface area contributed by atoms with Crippen LogP contribution in [0.4, 0.5) is 0 Å². The molecule has 0 aliphatic rings. The van der Waals surface area contributed by atoms with Gasteiger partial charge >= 0.3 is 5.97 Å². The average Bonchev–Trinajstić information content (AvgIpc) is 2.30. The number of carbonyl (C=O) groups is 2. The van der Waals surface area contributed by atoms with Gasteiger partial charge in [0.2, 0.25) is 5.91 Å². The molecule has 0 spiro atoms. The summed E-state index contributed by atoms with van der Waals surface area (Å²) in [6.07, 6.45) is 4.71. The number of ether oxygens (including phenoxy) is 1. The molecule has 4 nitrogen and oxygen atoms in total. The lowest BCUT2D eigenvalue weighted by Gasteiger charge is -2.40. The summed E-state index contributed by atoms with van der Waals surface area (Å²) in [7, 11) is 0. The Balaban J connectivity index is 4.90. The molecule has 0 radical (unpaired) electrons. The van der Waals surface area contributed by atoms with Crippen LogP contribution in [0.15, 0.2) is 0 Å². The first-order chi connectivity index (χ1) is 9.90. The maximum absolute atomic E-state index is 12.6. The highest BCUT2D eigenvalue weighted by molar-refractivity contribution is 5.85. The molecule has 1 amide bonds. The molecule has 130 valence electrons. The van der Waals surface area contributed by atoms with Crippen molar-refractivity contribution >= 4 is 11.9 Å². The molecule has 0 aromatic rings. The van der Waals surface area contributed by atoms with E-state index in [4.69, 9.17) is 4.74 Å². The summed E-state index contributed by atoms with van der Waals surface area (Å²) < 4.78 is 5.44. The summed E-state index contributed by atoms with van der Waals surface area (Å²) in [5.74, 6) is -0.314. The predicted molar refractivity (Wildman–Crippen MR) is 90.7 cm³/mol. The highest BCUT2D eigenvalue weighted by atomic mass is 16.6. The summed E-state index contributed by atoms with van der Waals surface area (Å²) >= 11 is 0. The van der Waals surface area contributed by atoms with Gasteiger partial charge in [-0.05, 0) is 54.9 Å². The molecule has 0 aliphatic carbocycles. The first-order valence-electron chi connectivity index (χ1n) is 8.45. The van der Waals surface area contributed by atoms with Crippen molar-refractivity contribution in [3.05, 3.63) is 0 Å². The Kier molecular flexibility index (Phi) is 8.13. The van der Waals surface area contributed by atoms with E-state index in [0.29, 0.717) is 6.42 Å². The van der Waals surface area contributed by atoms with Gasteiger partial charge in [0.05, 0.1) is 0 Å². The molecular weight excluding hydrogens is 278 g/mol. The van der Waals surface area contributed by atoms with Crippen molar-refractivity contribution in [2.45, 2.75) is 105 Å². The summed E-state index contributed by atoms with van der Waals surface area (Å²) in [6, 6.07) is -0.571. The second kappa shape index (κ2) is 8.54. The van der Waals surface area contributed by atoms with Crippen LogP contribution in [0.5, 0.6) is 0 Å². The van der Waals surface area contributed by atoms with Crippen molar-refractivity contribution in [1.29, 1.82) is 0 Å². The van der Waals surface area contributed by atoms with E-state index in [-0.39, 0.29) is 11.9 Å². The second-order valence-corrected chi connectivity index (χ2v) is 7.95. The fourth-order valence-corrected chi connectivity index (χ4v) is 2.49. The molecule has 1 atom stereocenters. The third-order valence-corrected chi connectivity index (χ3v) is 3.37. The molecule has 0 N–H and O–H groups in total. The van der Waals surface area contributed by atoms with Gasteiger partial charge in [0, 0.05) is 12.0 Å². The molecule has 0 saturated heterocycles. The number of rotatable bonds is 7. The van der Waals surface area contributed by atoms with Crippen LogP contribution in [-0.4, -0.2) is 34.0 Å². The van der Waals surface area contributed by atoms with E-state index in [9.17, 15) is 9.59 Å². The molecule has 0 fully saturated rings. The molecule has 0 bridgehead atoms. The molecule has 0 rings (SSSR count). The lowest BCUT2D eigenvalue weighted by molar-refractivity contribution is -0.167. The third-order valence-electron chi connectivity index (χ3n) is 3.37. The van der Waals surface area contributed by atoms with Gasteiger partial charge in [-0.2, -0.15) is 0 Å². The van der Waals surface area contributed by atoms with Crippen LogP contribution in [0.2, 0.25) is 0 Å². The van der Waals surface area contributed by atoms with Gasteiger partial charge in [-0.1, -0.05) is 26.2 Å². The normalized spacial score (nSPS) is 13.6. The second-order valence-electron chi connectivity index (χ2n) is 7.95. The largest absolute Gasteiger partial charge is 0.458 e. The van der Waals surface area contributed by atoms with Crippen molar-refractivity contribution in [2.24, 2.45) is 0 Å². The van der Waals surface area contributed by atoms with Gasteiger partial charge in [-0.3, -0.25) is 4.79 Å². The number of carbonyl (C=O) groups excluding carboxylic acids is 2. The van der Waals surface area contributed by atoms with Gasteiger partial charge in [-0.25, -0.2) is 4.79 Å². The smallest absolute Gasteiger partial charge is 0.329 e. The first-order valence-corrected chi connectivity index (χ1v) is 8.45. The standard InChI is InChI=1S/C18H35NO3/c1-9-10-11-12-13-15(20)19(17(3,4)5)14(2)16(21)22-18(6,7)8/h14H,9-13H2,1-8H3. The SMILES string of the molecule is CCCCCCC(=O)N(C(C)C(=O)OC(C)(C)C)C(C)(C)C. The summed E-state index contributed by atoms with van der Waals surface area (Å²) in [5.41, 5.74) is -0.947. The van der Waals surface area contributed by atoms with Crippen molar-refractivity contribution in [2.75, 3.05) is 0 Å². The van der Waals surface area contributed by atoms with E-state index in [1.807, 2.05) is 41.5 Å². The average molecular weight is 313 g/mol. The third kappa shape index (κ3) is 7.81. The number of amides is 1. The number of nitrogens with zero attached hydrogens (tertiary/aromatic N) is 1. The highest BCUT2D eigenvalue weighted by Crippen LogP contribution is 2.22. The Hall–Kier alpha value is -1.06. The number of unbranched alkanes of at least 4 members (excludes halogenated alkanes) is 3. The minimum atomic E-state index is -0.571. The molecule has 4 heteroatoms. The van der Waals surface area contributed by atoms with E-state index in [1.165, 1.54) is 0 Å². The van der Waals surface area contributed by atoms with E-state index in [2.05, 4.69) is 6.92 Å². The van der Waals surface area contributed by atoms with Gasteiger partial charge in [0.1, 0.15) is 11.6 Å². The molecule has 0 aliphatic heterocycles. The van der Waals surface area contributed by atoms with E-state index >= 15 is 0 Å². The van der Waals surface area contributed by atoms with Crippen LogP contribution in [-0.2, 0) is 14.3 Å². The Bertz CT molecular complexity index is 364. The van der Waals surface area contributed by atoms with Crippen molar-refractivity contribution in [3.8, 4) is 0 Å². The maximum atomic E-state index is 12.6. The zero-order valence-electron chi connectivity index (χ0n) is 15.8. The summed E-state index contributed by atoms with van der Waals surface area (Å²) in [6.45, 7) is 15.3. The Morgan fingerprint density at radius 3 is 1.95 bits per heavy atom. The van der Waals surface area contributed by atoms with Crippen molar-refractivity contribution < 1.29 is 14.3 Å². The van der Waals surface area contributed by atoms with Crippen LogP contribution in [0.3, 0.4) is 0 Å². The molecular formula is C18H35NO3. The fourth-order valence-electron chi connectivity index (χ4n) is 2.49. The molecule has 0 saturated carbocycles. The zero-order chi connectivity index (χ0) is 17.6. The van der Waals surface area contributed by atoms with Gasteiger partial charge in [0.25, 0.3) is 0 Å². The fraction of sp³-hybridized carbons (Fsp3) is 0.889. The van der Waals surface area contributed by atoms with Crippen LogP contribution < -0.4 is 0 Å². The van der Waals surface area contributed by atoms with Crippen molar-refractivity contribution in [1.82, 2.24) is 4.90 Å². The molecule has 0 aromatic carbocycles. The van der Waals surface area contributed by atoms with E-state index in [1.54, 1.807) is 11.8 Å². The minimum absolute atomic E-state index is 0.0296. The lowest BCUT2D eigenvalue weighted by Crippen LogP contribution is -2.54. The predicted octanol–water partition coefficient (Wildman–Crippen LogP) is 4.31. The lowest BCUT2D eigenvalue weighted by atomic mass is 10.0. The monoisotopic (exact) mass is 313 g/mol. The number of hydrogen-bond donors (Lipinski definition) is 0. The first kappa shape index (κ1) is 20.9. The molecule has 0 aromatic heterocycles. The van der Waals surface area contributed by atoms with Crippen molar-refractivity contribution in [3.63, 3.8) is 0 Å². The van der Waals surface area contributed by atoms with E-state index in [0.717, 1.165) is 25.7 Å². The summed E-state index contributed by atoms with van der Waals surface area (Å²) in [5, 5.41) is 0. The zero-order valence-corrected chi connectivity index (χ0v) is 15.8. The molecule has 1 unspecified atom stereocenters. The maximum Gasteiger partial charge on any atom is 0.329 e. The van der Waals surface area contributed by atoms with Crippen LogP contribution in [0, 0.1) is 0 Å². The van der Waals surface area contributed by atoms with Crippen LogP contribution in [0.25, 0.3) is 0 Å². The molecule has 22 heavy (non-hydrogen) atoms. The van der Waals surface area contributed by atoms with E-state index < -0.39 is 17.2 Å².